The Kier molecular flexibility index (Phi) is 5.76. The lowest BCUT2D eigenvalue weighted by Crippen LogP contribution is -2.27. The molecule has 0 amide bonds. The summed E-state index contributed by atoms with van der Waals surface area (Å²) >= 11 is 0. The lowest BCUT2D eigenvalue weighted by atomic mass is 10.1. The fourth-order valence-corrected chi connectivity index (χ4v) is 3.76. The van der Waals surface area contributed by atoms with E-state index in [4.69, 9.17) is 4.74 Å². The third kappa shape index (κ3) is 4.55. The summed E-state index contributed by atoms with van der Waals surface area (Å²) in [4.78, 5) is 10.3. The van der Waals surface area contributed by atoms with Gasteiger partial charge in [-0.2, -0.15) is 0 Å². The van der Waals surface area contributed by atoms with Crippen LogP contribution in [0.1, 0.15) is 16.7 Å². The van der Waals surface area contributed by atoms with Gasteiger partial charge in [-0.15, -0.1) is 0 Å². The van der Waals surface area contributed by atoms with Crippen LogP contribution in [-0.4, -0.2) is 27.0 Å². The molecule has 0 aliphatic heterocycles. The van der Waals surface area contributed by atoms with Gasteiger partial charge in [0.2, 0.25) is 10.0 Å². The third-order valence-electron chi connectivity index (χ3n) is 3.97. The van der Waals surface area contributed by atoms with Crippen LogP contribution in [0.5, 0.6) is 5.75 Å². The second-order valence-corrected chi connectivity index (χ2v) is 7.37. The van der Waals surface area contributed by atoms with Gasteiger partial charge < -0.3 is 4.74 Å². The number of nitrogens with zero attached hydrogens (tertiary/aromatic N) is 1. The lowest BCUT2D eigenvalue weighted by molar-refractivity contribution is -0.385. The first-order valence-electron chi connectivity index (χ1n) is 7.63. The second kappa shape index (κ2) is 7.62. The quantitative estimate of drug-likeness (QED) is 0.602. The van der Waals surface area contributed by atoms with Gasteiger partial charge in [-0.25, -0.2) is 13.1 Å². The predicted molar refractivity (Wildman–Crippen MR) is 94.5 cm³/mol. The zero-order valence-electron chi connectivity index (χ0n) is 14.3. The van der Waals surface area contributed by atoms with Crippen molar-refractivity contribution in [2.75, 3.05) is 13.7 Å². The predicted octanol–water partition coefficient (Wildman–Crippen LogP) is 2.74. The van der Waals surface area contributed by atoms with E-state index in [0.717, 1.165) is 17.4 Å². The molecule has 7 nitrogen and oxygen atoms in total. The molecule has 2 aromatic rings. The highest BCUT2D eigenvalue weighted by Crippen LogP contribution is 2.25. The summed E-state index contributed by atoms with van der Waals surface area (Å²) in [5, 5.41) is 11.0. The van der Waals surface area contributed by atoms with E-state index in [1.165, 1.54) is 6.07 Å². The summed E-state index contributed by atoms with van der Waals surface area (Å²) in [6, 6.07) is 9.78. The number of benzene rings is 2. The number of methoxy groups -OCH3 is 1. The van der Waals surface area contributed by atoms with E-state index in [9.17, 15) is 18.5 Å². The average Bonchev–Trinajstić information content (AvgIpc) is 2.57. The molecule has 2 aromatic carbocycles. The summed E-state index contributed by atoms with van der Waals surface area (Å²) in [7, 11) is -2.26. The van der Waals surface area contributed by atoms with E-state index in [2.05, 4.69) is 4.72 Å². The number of rotatable bonds is 7. The number of hydrogen-bond donors (Lipinski definition) is 1. The van der Waals surface area contributed by atoms with Crippen molar-refractivity contribution >= 4 is 15.7 Å². The van der Waals surface area contributed by atoms with Gasteiger partial charge in [0.15, 0.2) is 0 Å². The molecule has 134 valence electrons. The number of non-ortho nitro benzene ring substituents is 1. The number of ether oxygens (including phenoxy) is 1. The van der Waals surface area contributed by atoms with Crippen molar-refractivity contribution in [3.63, 3.8) is 0 Å². The number of nitro groups is 1. The van der Waals surface area contributed by atoms with E-state index < -0.39 is 14.9 Å². The van der Waals surface area contributed by atoms with Gasteiger partial charge in [0.1, 0.15) is 5.75 Å². The highest BCUT2D eigenvalue weighted by molar-refractivity contribution is 7.89. The number of nitrogens with one attached hydrogen (secondary N) is 1. The van der Waals surface area contributed by atoms with Gasteiger partial charge in [0, 0.05) is 18.7 Å². The number of nitro benzene ring substituents is 1. The number of aryl methyl sites for hydroxylation is 1. The SMILES string of the molecule is COc1ccc(CCNS(=O)(=O)c2cc([N+](=O)[O-])cc(C)c2C)cc1. The first kappa shape index (κ1) is 18.9. The van der Waals surface area contributed by atoms with E-state index in [0.29, 0.717) is 17.5 Å². The van der Waals surface area contributed by atoms with Gasteiger partial charge >= 0.3 is 0 Å². The Labute approximate surface area is 146 Å². The molecular weight excluding hydrogens is 344 g/mol. The smallest absolute Gasteiger partial charge is 0.271 e. The summed E-state index contributed by atoms with van der Waals surface area (Å²) < 4.78 is 32.6. The van der Waals surface area contributed by atoms with Gasteiger partial charge in [-0.3, -0.25) is 10.1 Å². The molecule has 25 heavy (non-hydrogen) atoms. The molecule has 0 atom stereocenters. The van der Waals surface area contributed by atoms with Crippen LogP contribution < -0.4 is 9.46 Å². The van der Waals surface area contributed by atoms with Crippen LogP contribution in [0, 0.1) is 24.0 Å². The molecule has 8 heteroatoms. The van der Waals surface area contributed by atoms with E-state index >= 15 is 0 Å². The molecule has 1 N–H and O–H groups in total. The van der Waals surface area contributed by atoms with Crippen molar-refractivity contribution in [1.82, 2.24) is 4.72 Å². The fourth-order valence-electron chi connectivity index (χ4n) is 2.39. The molecule has 0 unspecified atom stereocenters. The minimum Gasteiger partial charge on any atom is -0.497 e. The summed E-state index contributed by atoms with van der Waals surface area (Å²) in [6.07, 6.45) is 0.496. The zero-order valence-corrected chi connectivity index (χ0v) is 15.1. The maximum absolute atomic E-state index is 12.5. The Morgan fingerprint density at radius 1 is 1.16 bits per heavy atom. The average molecular weight is 364 g/mol. The monoisotopic (exact) mass is 364 g/mol. The molecule has 0 saturated carbocycles. The lowest BCUT2D eigenvalue weighted by Gasteiger charge is -2.11. The maximum Gasteiger partial charge on any atom is 0.271 e. The fraction of sp³-hybridized carbons (Fsp3) is 0.294. The highest BCUT2D eigenvalue weighted by Gasteiger charge is 2.21. The Morgan fingerprint density at radius 2 is 1.80 bits per heavy atom. The summed E-state index contributed by atoms with van der Waals surface area (Å²) in [5.41, 5.74) is 1.78. The number of hydrogen-bond acceptors (Lipinski definition) is 5. The maximum atomic E-state index is 12.5. The van der Waals surface area contributed by atoms with Gasteiger partial charge in [0.25, 0.3) is 5.69 Å². The Hall–Kier alpha value is -2.45. The van der Waals surface area contributed by atoms with Crippen molar-refractivity contribution in [3.8, 4) is 5.75 Å². The molecule has 0 radical (unpaired) electrons. The van der Waals surface area contributed by atoms with Crippen LogP contribution >= 0.6 is 0 Å². The van der Waals surface area contributed by atoms with E-state index in [1.54, 1.807) is 33.1 Å². The molecule has 0 fully saturated rings. The van der Waals surface area contributed by atoms with Gasteiger partial charge in [0.05, 0.1) is 16.9 Å². The van der Waals surface area contributed by atoms with Gasteiger partial charge in [-0.1, -0.05) is 12.1 Å². The van der Waals surface area contributed by atoms with Crippen LogP contribution in [0.4, 0.5) is 5.69 Å². The van der Waals surface area contributed by atoms with Crippen LogP contribution in [-0.2, 0) is 16.4 Å². The molecule has 0 heterocycles. The first-order chi connectivity index (χ1) is 11.7. The summed E-state index contributed by atoms with van der Waals surface area (Å²) in [6.45, 7) is 3.48. The van der Waals surface area contributed by atoms with Crippen molar-refractivity contribution in [1.29, 1.82) is 0 Å². The van der Waals surface area contributed by atoms with Crippen molar-refractivity contribution in [3.05, 3.63) is 63.2 Å². The molecule has 0 aliphatic carbocycles. The highest BCUT2D eigenvalue weighted by atomic mass is 32.2. The second-order valence-electron chi connectivity index (χ2n) is 5.64. The van der Waals surface area contributed by atoms with Crippen LogP contribution in [0.2, 0.25) is 0 Å². The van der Waals surface area contributed by atoms with Crippen molar-refractivity contribution < 1.29 is 18.1 Å². The van der Waals surface area contributed by atoms with Crippen LogP contribution in [0.3, 0.4) is 0 Å². The molecule has 0 bridgehead atoms. The Bertz CT molecular complexity index is 877. The van der Waals surface area contributed by atoms with Crippen LogP contribution in [0.25, 0.3) is 0 Å². The Morgan fingerprint density at radius 3 is 2.36 bits per heavy atom. The molecule has 0 spiro atoms. The minimum atomic E-state index is -3.83. The normalized spacial score (nSPS) is 11.3. The van der Waals surface area contributed by atoms with Gasteiger partial charge in [-0.05, 0) is 49.1 Å². The van der Waals surface area contributed by atoms with Crippen molar-refractivity contribution in [2.45, 2.75) is 25.2 Å². The minimum absolute atomic E-state index is 0.0612. The molecule has 0 aromatic heterocycles. The van der Waals surface area contributed by atoms with E-state index in [1.807, 2.05) is 12.1 Å². The molecule has 0 aliphatic rings. The standard InChI is InChI=1S/C17H20N2O5S/c1-12-10-15(19(20)21)11-17(13(12)2)25(22,23)18-9-8-14-4-6-16(24-3)7-5-14/h4-7,10-11,18H,8-9H2,1-3H3. The number of sulfonamides is 1. The first-order valence-corrected chi connectivity index (χ1v) is 9.11. The largest absolute Gasteiger partial charge is 0.497 e. The van der Waals surface area contributed by atoms with Crippen molar-refractivity contribution in [2.24, 2.45) is 0 Å². The molecule has 0 saturated heterocycles. The topological polar surface area (TPSA) is 98.5 Å². The van der Waals surface area contributed by atoms with Crippen LogP contribution in [0.15, 0.2) is 41.3 Å². The third-order valence-corrected chi connectivity index (χ3v) is 5.56. The summed E-state index contributed by atoms with van der Waals surface area (Å²) in [5.74, 6) is 0.729. The molecule has 2 rings (SSSR count). The van der Waals surface area contributed by atoms with E-state index in [-0.39, 0.29) is 17.1 Å². The molecular formula is C17H20N2O5S. The zero-order chi connectivity index (χ0) is 18.6. The Balaban J connectivity index is 2.14.